The Labute approximate surface area is 122 Å². The van der Waals surface area contributed by atoms with Gasteiger partial charge in [-0.3, -0.25) is 4.79 Å². The number of amides is 1. The van der Waals surface area contributed by atoms with E-state index < -0.39 is 0 Å². The van der Waals surface area contributed by atoms with Crippen molar-refractivity contribution >= 4 is 17.7 Å². The molecule has 2 aromatic rings. The van der Waals surface area contributed by atoms with E-state index in [4.69, 9.17) is 9.47 Å². The summed E-state index contributed by atoms with van der Waals surface area (Å²) in [5, 5.41) is 2.79. The van der Waals surface area contributed by atoms with Gasteiger partial charge >= 0.3 is 0 Å². The number of methoxy groups -OCH3 is 1. The van der Waals surface area contributed by atoms with Crippen molar-refractivity contribution in [2.45, 2.75) is 0 Å². The van der Waals surface area contributed by atoms with Gasteiger partial charge in [-0.05, 0) is 24.3 Å². The molecule has 0 bridgehead atoms. The Morgan fingerprint density at radius 1 is 1.29 bits per heavy atom. The summed E-state index contributed by atoms with van der Waals surface area (Å²) in [5.74, 6) is 0.937. The second-order valence-electron chi connectivity index (χ2n) is 4.51. The number of para-hydroxylation sites is 1. The largest absolute Gasteiger partial charge is 0.488 e. The molecule has 5 heteroatoms. The summed E-state index contributed by atoms with van der Waals surface area (Å²) in [7, 11) is 1.51. The first-order chi connectivity index (χ1) is 10.3. The van der Waals surface area contributed by atoms with Crippen LogP contribution < -0.4 is 14.8 Å². The number of rotatable bonds is 3. The van der Waals surface area contributed by atoms with E-state index in [1.165, 1.54) is 7.11 Å². The number of hydrogen-bond acceptors (Lipinski definition) is 4. The number of fused-ring (bicyclic) bond motifs is 1. The molecular formula is C16H14N2O3. The lowest BCUT2D eigenvalue weighted by Gasteiger charge is -2.17. The fraction of sp³-hybridized carbons (Fsp3) is 0.125. The maximum Gasteiger partial charge on any atom is 0.255 e. The molecule has 1 aromatic heterocycles. The van der Waals surface area contributed by atoms with Gasteiger partial charge < -0.3 is 14.8 Å². The standard InChI is InChI=1S/C16H14N2O3/c1-20-16-13(6-4-8-17-16)18-15(19)12-9-11-5-2-3-7-14(11)21-10-12/h2-9H,10H2,1H3,(H,18,19). The summed E-state index contributed by atoms with van der Waals surface area (Å²) in [4.78, 5) is 16.3. The topological polar surface area (TPSA) is 60.5 Å². The predicted octanol–water partition coefficient (Wildman–Crippen LogP) is 2.50. The third-order valence-corrected chi connectivity index (χ3v) is 3.14. The molecule has 106 valence electrons. The normalized spacial score (nSPS) is 12.7. The third-order valence-electron chi connectivity index (χ3n) is 3.14. The second kappa shape index (κ2) is 5.66. The number of ether oxygens (including phenoxy) is 2. The van der Waals surface area contributed by atoms with Gasteiger partial charge in [-0.25, -0.2) is 4.98 Å². The van der Waals surface area contributed by atoms with E-state index in [0.717, 1.165) is 11.3 Å². The van der Waals surface area contributed by atoms with Crippen molar-refractivity contribution in [2.24, 2.45) is 0 Å². The number of carbonyl (C=O) groups excluding carboxylic acids is 1. The van der Waals surface area contributed by atoms with Crippen LogP contribution in [0.5, 0.6) is 11.6 Å². The molecule has 1 aliphatic rings. The molecule has 0 fully saturated rings. The summed E-state index contributed by atoms with van der Waals surface area (Å²) < 4.78 is 10.7. The van der Waals surface area contributed by atoms with Crippen molar-refractivity contribution in [1.82, 2.24) is 4.98 Å². The highest BCUT2D eigenvalue weighted by Crippen LogP contribution is 2.27. The molecule has 1 amide bonds. The number of nitrogens with zero attached hydrogens (tertiary/aromatic N) is 1. The Morgan fingerprint density at radius 2 is 2.14 bits per heavy atom. The molecular weight excluding hydrogens is 268 g/mol. The van der Waals surface area contributed by atoms with Crippen LogP contribution in [-0.2, 0) is 4.79 Å². The first kappa shape index (κ1) is 13.2. The molecule has 0 radical (unpaired) electrons. The molecule has 1 aliphatic heterocycles. The maximum atomic E-state index is 12.3. The monoisotopic (exact) mass is 282 g/mol. The highest BCUT2D eigenvalue weighted by Gasteiger charge is 2.18. The third kappa shape index (κ3) is 2.72. The van der Waals surface area contributed by atoms with Crippen LogP contribution in [0.3, 0.4) is 0 Å². The van der Waals surface area contributed by atoms with E-state index in [-0.39, 0.29) is 12.5 Å². The number of pyridine rings is 1. The van der Waals surface area contributed by atoms with Gasteiger partial charge in [-0.15, -0.1) is 0 Å². The van der Waals surface area contributed by atoms with Crippen LogP contribution in [0.25, 0.3) is 6.08 Å². The quantitative estimate of drug-likeness (QED) is 0.939. The number of benzene rings is 1. The predicted molar refractivity (Wildman–Crippen MR) is 79.3 cm³/mol. The molecule has 2 heterocycles. The molecule has 1 aromatic carbocycles. The Hall–Kier alpha value is -2.82. The van der Waals surface area contributed by atoms with E-state index >= 15 is 0 Å². The van der Waals surface area contributed by atoms with Gasteiger partial charge in [-0.1, -0.05) is 18.2 Å². The lowest BCUT2D eigenvalue weighted by molar-refractivity contribution is -0.113. The van der Waals surface area contributed by atoms with Crippen LogP contribution in [0.4, 0.5) is 5.69 Å². The molecule has 0 saturated heterocycles. The maximum absolute atomic E-state index is 12.3. The van der Waals surface area contributed by atoms with Crippen molar-refractivity contribution in [1.29, 1.82) is 0 Å². The van der Waals surface area contributed by atoms with Crippen molar-refractivity contribution in [3.05, 3.63) is 53.7 Å². The minimum atomic E-state index is -0.226. The average molecular weight is 282 g/mol. The smallest absolute Gasteiger partial charge is 0.255 e. The Morgan fingerprint density at radius 3 is 3.00 bits per heavy atom. The molecule has 0 atom stereocenters. The van der Waals surface area contributed by atoms with Crippen LogP contribution in [0.15, 0.2) is 48.2 Å². The molecule has 5 nitrogen and oxygen atoms in total. The van der Waals surface area contributed by atoms with Crippen molar-refractivity contribution < 1.29 is 14.3 Å². The summed E-state index contributed by atoms with van der Waals surface area (Å²) in [5.41, 5.74) is 1.98. The summed E-state index contributed by atoms with van der Waals surface area (Å²) in [6.45, 7) is 0.241. The Kier molecular flexibility index (Phi) is 3.55. The van der Waals surface area contributed by atoms with Crippen LogP contribution in [0, 0.1) is 0 Å². The molecule has 0 spiro atoms. The van der Waals surface area contributed by atoms with Gasteiger partial charge in [0.1, 0.15) is 18.0 Å². The summed E-state index contributed by atoms with van der Waals surface area (Å²) in [6.07, 6.45) is 3.44. The van der Waals surface area contributed by atoms with Gasteiger partial charge in [0.15, 0.2) is 0 Å². The van der Waals surface area contributed by atoms with Crippen LogP contribution in [-0.4, -0.2) is 24.6 Å². The van der Waals surface area contributed by atoms with Gasteiger partial charge in [0.2, 0.25) is 5.88 Å². The lowest BCUT2D eigenvalue weighted by atomic mass is 10.1. The van der Waals surface area contributed by atoms with E-state index in [1.807, 2.05) is 30.3 Å². The average Bonchev–Trinajstić information content (AvgIpc) is 2.55. The lowest BCUT2D eigenvalue weighted by Crippen LogP contribution is -2.21. The van der Waals surface area contributed by atoms with Crippen molar-refractivity contribution in [3.8, 4) is 11.6 Å². The fourth-order valence-electron chi connectivity index (χ4n) is 2.10. The Balaban J connectivity index is 1.82. The summed E-state index contributed by atoms with van der Waals surface area (Å²) >= 11 is 0. The van der Waals surface area contributed by atoms with Crippen molar-refractivity contribution in [2.75, 3.05) is 19.0 Å². The minimum Gasteiger partial charge on any atom is -0.488 e. The number of aromatic nitrogens is 1. The van der Waals surface area contributed by atoms with Crippen LogP contribution in [0.2, 0.25) is 0 Å². The summed E-state index contributed by atoms with van der Waals surface area (Å²) in [6, 6.07) is 11.1. The SMILES string of the molecule is COc1ncccc1NC(=O)C1=Cc2ccccc2OC1. The number of carbonyl (C=O) groups is 1. The highest BCUT2D eigenvalue weighted by atomic mass is 16.5. The van der Waals surface area contributed by atoms with E-state index in [0.29, 0.717) is 17.1 Å². The van der Waals surface area contributed by atoms with E-state index in [1.54, 1.807) is 18.3 Å². The zero-order valence-electron chi connectivity index (χ0n) is 11.5. The van der Waals surface area contributed by atoms with Gasteiger partial charge in [0, 0.05) is 11.8 Å². The first-order valence-electron chi connectivity index (χ1n) is 6.50. The number of hydrogen-bond donors (Lipinski definition) is 1. The minimum absolute atomic E-state index is 0.226. The van der Waals surface area contributed by atoms with Crippen molar-refractivity contribution in [3.63, 3.8) is 0 Å². The van der Waals surface area contributed by atoms with Gasteiger partial charge in [0.05, 0.1) is 12.7 Å². The van der Waals surface area contributed by atoms with Gasteiger partial charge in [-0.2, -0.15) is 0 Å². The number of anilines is 1. The molecule has 0 aliphatic carbocycles. The zero-order chi connectivity index (χ0) is 14.7. The zero-order valence-corrected chi connectivity index (χ0v) is 11.5. The number of nitrogens with one attached hydrogen (secondary N) is 1. The first-order valence-corrected chi connectivity index (χ1v) is 6.50. The molecule has 1 N–H and O–H groups in total. The van der Waals surface area contributed by atoms with Crippen LogP contribution in [0.1, 0.15) is 5.56 Å². The van der Waals surface area contributed by atoms with E-state index in [2.05, 4.69) is 10.3 Å². The fourth-order valence-corrected chi connectivity index (χ4v) is 2.10. The Bertz CT molecular complexity index is 710. The van der Waals surface area contributed by atoms with E-state index in [9.17, 15) is 4.79 Å². The molecule has 21 heavy (non-hydrogen) atoms. The molecule has 3 rings (SSSR count). The molecule has 0 saturated carbocycles. The molecule has 0 unspecified atom stereocenters. The van der Waals surface area contributed by atoms with Crippen LogP contribution >= 0.6 is 0 Å². The highest BCUT2D eigenvalue weighted by molar-refractivity contribution is 6.08. The second-order valence-corrected chi connectivity index (χ2v) is 4.51. The van der Waals surface area contributed by atoms with Gasteiger partial charge in [0.25, 0.3) is 5.91 Å².